The number of carbonyl (C=O) groups excluding carboxylic acids is 1. The number of amides is 1. The molecule has 0 aliphatic rings. The predicted octanol–water partition coefficient (Wildman–Crippen LogP) is 6.05. The van der Waals surface area contributed by atoms with Gasteiger partial charge in [0.15, 0.2) is 5.16 Å². The molecule has 0 aliphatic heterocycles. The minimum atomic E-state index is -4.82. The summed E-state index contributed by atoms with van der Waals surface area (Å²) in [5.74, 6) is -2.03. The summed E-state index contributed by atoms with van der Waals surface area (Å²) in [6.45, 7) is 0. The number of carbonyl (C=O) groups is 1. The molecule has 0 atom stereocenters. The van der Waals surface area contributed by atoms with E-state index in [9.17, 15) is 35.5 Å². The van der Waals surface area contributed by atoms with Crippen molar-refractivity contribution in [1.82, 2.24) is 9.97 Å². The molecule has 1 N–H and O–H groups in total. The van der Waals surface area contributed by atoms with Crippen molar-refractivity contribution >= 4 is 23.4 Å². The summed E-state index contributed by atoms with van der Waals surface area (Å²) < 4.78 is 91.9. The number of alkyl halides is 6. The van der Waals surface area contributed by atoms with Crippen LogP contribution in [0.25, 0.3) is 11.3 Å². The summed E-state index contributed by atoms with van der Waals surface area (Å²) in [4.78, 5) is 19.4. The van der Waals surface area contributed by atoms with Crippen molar-refractivity contribution in [3.05, 3.63) is 71.7 Å². The van der Waals surface area contributed by atoms with E-state index in [-0.39, 0.29) is 11.3 Å². The summed E-state index contributed by atoms with van der Waals surface area (Å²) >= 11 is 0.514. The number of hydrogen-bond donors (Lipinski definition) is 1. The van der Waals surface area contributed by atoms with Crippen molar-refractivity contribution in [1.29, 1.82) is 0 Å². The minimum absolute atomic E-state index is 0.155. The van der Waals surface area contributed by atoms with Gasteiger partial charge in [-0.1, -0.05) is 23.9 Å². The first-order chi connectivity index (χ1) is 14.9. The van der Waals surface area contributed by atoms with Gasteiger partial charge in [-0.2, -0.15) is 26.3 Å². The molecule has 1 heterocycles. The third-order valence-corrected chi connectivity index (χ3v) is 4.82. The largest absolute Gasteiger partial charge is 0.433 e. The van der Waals surface area contributed by atoms with Crippen LogP contribution in [0.1, 0.15) is 11.3 Å². The van der Waals surface area contributed by atoms with E-state index in [2.05, 4.69) is 15.3 Å². The highest BCUT2D eigenvalue weighted by atomic mass is 32.2. The Morgan fingerprint density at radius 1 is 0.906 bits per heavy atom. The molecule has 0 radical (unpaired) electrons. The van der Waals surface area contributed by atoms with E-state index in [0.717, 1.165) is 30.3 Å². The van der Waals surface area contributed by atoms with Crippen molar-refractivity contribution in [3.63, 3.8) is 0 Å². The molecule has 0 saturated carbocycles. The number of rotatable bonds is 5. The van der Waals surface area contributed by atoms with Gasteiger partial charge in [0.25, 0.3) is 0 Å². The van der Waals surface area contributed by atoms with Crippen LogP contribution in [-0.2, 0) is 17.1 Å². The number of nitrogens with one attached hydrogen (secondary N) is 1. The molecule has 12 heteroatoms. The van der Waals surface area contributed by atoms with Crippen molar-refractivity contribution in [2.75, 3.05) is 11.1 Å². The van der Waals surface area contributed by atoms with Crippen molar-refractivity contribution < 1.29 is 35.5 Å². The molecule has 168 valence electrons. The smallest absolute Gasteiger partial charge is 0.325 e. The first-order valence-corrected chi connectivity index (χ1v) is 9.73. The maximum absolute atomic E-state index is 13.2. The van der Waals surface area contributed by atoms with Crippen LogP contribution < -0.4 is 5.32 Å². The summed E-state index contributed by atoms with van der Waals surface area (Å²) in [5, 5.41) is 1.67. The van der Waals surface area contributed by atoms with E-state index in [1.807, 2.05) is 0 Å². The third kappa shape index (κ3) is 5.96. The second-order valence-electron chi connectivity index (χ2n) is 6.31. The molecule has 3 aromatic rings. The summed E-state index contributed by atoms with van der Waals surface area (Å²) in [6.07, 6.45) is -9.52. The normalized spacial score (nSPS) is 12.0. The lowest BCUT2D eigenvalue weighted by molar-refractivity contribution is -0.141. The molecule has 0 aliphatic carbocycles. The molecule has 1 aromatic heterocycles. The highest BCUT2D eigenvalue weighted by molar-refractivity contribution is 7.99. The number of anilines is 1. The maximum Gasteiger partial charge on any atom is 0.433 e. The van der Waals surface area contributed by atoms with Gasteiger partial charge in [-0.25, -0.2) is 14.4 Å². The highest BCUT2D eigenvalue weighted by Crippen LogP contribution is 2.35. The fourth-order valence-corrected chi connectivity index (χ4v) is 3.22. The van der Waals surface area contributed by atoms with E-state index < -0.39 is 51.9 Å². The van der Waals surface area contributed by atoms with Crippen LogP contribution >= 0.6 is 11.8 Å². The van der Waals surface area contributed by atoms with Crippen molar-refractivity contribution in [2.24, 2.45) is 0 Å². The van der Waals surface area contributed by atoms with Gasteiger partial charge in [0.05, 0.1) is 22.7 Å². The zero-order chi connectivity index (χ0) is 23.5. The molecular weight excluding hydrogens is 463 g/mol. The lowest BCUT2D eigenvalue weighted by atomic mass is 10.1. The number of thioether (sulfide) groups is 1. The average Bonchev–Trinajstić information content (AvgIpc) is 2.71. The number of nitrogens with zero attached hydrogens (tertiary/aromatic N) is 2. The van der Waals surface area contributed by atoms with E-state index in [0.29, 0.717) is 17.8 Å². The van der Waals surface area contributed by atoms with Gasteiger partial charge in [-0.15, -0.1) is 0 Å². The van der Waals surface area contributed by atoms with E-state index in [4.69, 9.17) is 0 Å². The molecular formula is C20H12F7N3OS. The highest BCUT2D eigenvalue weighted by Gasteiger charge is 2.35. The molecule has 0 saturated heterocycles. The molecule has 0 spiro atoms. The SMILES string of the molecule is O=C(CSc1nc(-c2ccc(F)cc2)cc(C(F)(F)F)n1)Nc1ccccc1C(F)(F)F. The van der Waals surface area contributed by atoms with E-state index >= 15 is 0 Å². The summed E-state index contributed by atoms with van der Waals surface area (Å²) in [6, 6.07) is 9.51. The fraction of sp³-hybridized carbons (Fsp3) is 0.150. The van der Waals surface area contributed by atoms with Crippen LogP contribution in [0.3, 0.4) is 0 Å². The van der Waals surface area contributed by atoms with Crippen LogP contribution in [0.4, 0.5) is 36.4 Å². The Morgan fingerprint density at radius 3 is 2.19 bits per heavy atom. The van der Waals surface area contributed by atoms with Gasteiger partial charge in [0.2, 0.25) is 5.91 Å². The van der Waals surface area contributed by atoms with Gasteiger partial charge in [-0.3, -0.25) is 4.79 Å². The van der Waals surface area contributed by atoms with Gasteiger partial charge in [0, 0.05) is 5.56 Å². The number of halogens is 7. The average molecular weight is 475 g/mol. The van der Waals surface area contributed by atoms with Crippen LogP contribution in [0.2, 0.25) is 0 Å². The van der Waals surface area contributed by atoms with Crippen molar-refractivity contribution in [3.8, 4) is 11.3 Å². The summed E-state index contributed by atoms with van der Waals surface area (Å²) in [7, 11) is 0. The van der Waals surface area contributed by atoms with E-state index in [1.54, 1.807) is 0 Å². The van der Waals surface area contributed by atoms with Gasteiger partial charge >= 0.3 is 12.4 Å². The predicted molar refractivity (Wildman–Crippen MR) is 103 cm³/mol. The molecule has 32 heavy (non-hydrogen) atoms. The molecule has 2 aromatic carbocycles. The quantitative estimate of drug-likeness (QED) is 0.277. The molecule has 1 amide bonds. The summed E-state index contributed by atoms with van der Waals surface area (Å²) in [5.41, 5.74) is -2.80. The number of para-hydroxylation sites is 1. The van der Waals surface area contributed by atoms with Crippen LogP contribution in [-0.4, -0.2) is 21.6 Å². The second-order valence-corrected chi connectivity index (χ2v) is 7.25. The molecule has 4 nitrogen and oxygen atoms in total. The molecule has 3 rings (SSSR count). The Morgan fingerprint density at radius 2 is 1.56 bits per heavy atom. The number of benzene rings is 2. The van der Waals surface area contributed by atoms with Gasteiger partial charge in [-0.05, 0) is 42.5 Å². The zero-order valence-corrected chi connectivity index (χ0v) is 16.6. The first kappa shape index (κ1) is 23.5. The third-order valence-electron chi connectivity index (χ3n) is 3.97. The molecule has 0 bridgehead atoms. The Kier molecular flexibility index (Phi) is 6.72. The monoisotopic (exact) mass is 475 g/mol. The molecule has 0 unspecified atom stereocenters. The lowest BCUT2D eigenvalue weighted by Gasteiger charge is -2.13. The van der Waals surface area contributed by atoms with Gasteiger partial charge in [0.1, 0.15) is 11.5 Å². The number of aromatic nitrogens is 2. The number of hydrogen-bond acceptors (Lipinski definition) is 4. The fourth-order valence-electron chi connectivity index (χ4n) is 2.56. The standard InChI is InChI=1S/C20H12F7N3OS/c21-12-7-5-11(6-8-12)15-9-16(20(25,26)27)30-18(29-15)32-10-17(31)28-14-4-2-1-3-13(14)19(22,23)24/h1-9H,10H2,(H,28,31). The Balaban J connectivity index is 1.81. The zero-order valence-electron chi connectivity index (χ0n) is 15.8. The lowest BCUT2D eigenvalue weighted by Crippen LogP contribution is -2.18. The van der Waals surface area contributed by atoms with Crippen LogP contribution in [0.15, 0.2) is 59.8 Å². The Hall–Kier alpha value is -3.15. The molecule has 0 fully saturated rings. The first-order valence-electron chi connectivity index (χ1n) is 8.74. The second kappa shape index (κ2) is 9.15. The van der Waals surface area contributed by atoms with E-state index in [1.165, 1.54) is 18.2 Å². The van der Waals surface area contributed by atoms with Crippen molar-refractivity contribution in [2.45, 2.75) is 17.5 Å². The van der Waals surface area contributed by atoms with Gasteiger partial charge < -0.3 is 5.32 Å². The Labute approximate surface area is 180 Å². The van der Waals surface area contributed by atoms with Crippen LogP contribution in [0, 0.1) is 5.82 Å². The van der Waals surface area contributed by atoms with Crippen LogP contribution in [0.5, 0.6) is 0 Å². The maximum atomic E-state index is 13.2. The minimum Gasteiger partial charge on any atom is -0.325 e. The topological polar surface area (TPSA) is 54.9 Å². The Bertz CT molecular complexity index is 1120.